The standard InChI is InChI=1S/C13H9Cl4N/c14-9-2-1-8(11(16)5-9)7-18-13-4-3-10(15)6-12(13)17/h1-6,18H,7H2. The van der Waals surface area contributed by atoms with Crippen LogP contribution in [0.25, 0.3) is 0 Å². The Hall–Kier alpha value is -0.600. The van der Waals surface area contributed by atoms with Gasteiger partial charge in [-0.05, 0) is 35.9 Å². The first-order valence-corrected chi connectivity index (χ1v) is 6.70. The van der Waals surface area contributed by atoms with Crippen LogP contribution in [0, 0.1) is 0 Å². The fourth-order valence-electron chi connectivity index (χ4n) is 1.49. The molecule has 18 heavy (non-hydrogen) atoms. The molecule has 0 spiro atoms. The van der Waals surface area contributed by atoms with Crippen LogP contribution in [0.1, 0.15) is 5.56 Å². The van der Waals surface area contributed by atoms with Gasteiger partial charge in [-0.3, -0.25) is 0 Å². The van der Waals surface area contributed by atoms with Gasteiger partial charge in [-0.25, -0.2) is 0 Å². The van der Waals surface area contributed by atoms with Crippen molar-refractivity contribution < 1.29 is 0 Å². The van der Waals surface area contributed by atoms with Crippen molar-refractivity contribution in [3.8, 4) is 0 Å². The molecule has 0 amide bonds. The van der Waals surface area contributed by atoms with Crippen LogP contribution >= 0.6 is 46.4 Å². The molecule has 0 atom stereocenters. The van der Waals surface area contributed by atoms with E-state index in [1.54, 1.807) is 24.3 Å². The molecule has 0 saturated heterocycles. The lowest BCUT2D eigenvalue weighted by molar-refractivity contribution is 1.15. The second kappa shape index (κ2) is 6.03. The number of benzene rings is 2. The molecule has 2 rings (SSSR count). The summed E-state index contributed by atoms with van der Waals surface area (Å²) in [5.74, 6) is 0. The highest BCUT2D eigenvalue weighted by atomic mass is 35.5. The third-order valence-corrected chi connectivity index (χ3v) is 3.55. The summed E-state index contributed by atoms with van der Waals surface area (Å²) in [6.07, 6.45) is 0. The van der Waals surface area contributed by atoms with E-state index < -0.39 is 0 Å². The van der Waals surface area contributed by atoms with E-state index in [9.17, 15) is 0 Å². The van der Waals surface area contributed by atoms with Gasteiger partial charge in [-0.15, -0.1) is 0 Å². The van der Waals surface area contributed by atoms with Crippen LogP contribution in [0.4, 0.5) is 5.69 Å². The van der Waals surface area contributed by atoms with Gasteiger partial charge < -0.3 is 5.32 Å². The number of nitrogens with one attached hydrogen (secondary N) is 1. The molecule has 1 nitrogen and oxygen atoms in total. The zero-order chi connectivity index (χ0) is 13.1. The van der Waals surface area contributed by atoms with Crippen molar-refractivity contribution in [3.63, 3.8) is 0 Å². The van der Waals surface area contributed by atoms with E-state index in [1.165, 1.54) is 0 Å². The molecule has 2 aromatic rings. The van der Waals surface area contributed by atoms with Gasteiger partial charge in [-0.1, -0.05) is 52.5 Å². The van der Waals surface area contributed by atoms with Crippen LogP contribution in [0.3, 0.4) is 0 Å². The van der Waals surface area contributed by atoms with Crippen LogP contribution in [0.5, 0.6) is 0 Å². The molecule has 0 bridgehead atoms. The molecule has 0 fully saturated rings. The molecule has 94 valence electrons. The fourth-order valence-corrected chi connectivity index (χ4v) is 2.44. The molecule has 0 aliphatic rings. The smallest absolute Gasteiger partial charge is 0.0652 e. The Labute approximate surface area is 126 Å². The summed E-state index contributed by atoms with van der Waals surface area (Å²) in [5.41, 5.74) is 1.76. The Morgan fingerprint density at radius 3 is 2.00 bits per heavy atom. The summed E-state index contributed by atoms with van der Waals surface area (Å²) in [4.78, 5) is 0. The topological polar surface area (TPSA) is 12.0 Å². The second-order valence-electron chi connectivity index (χ2n) is 3.71. The van der Waals surface area contributed by atoms with Gasteiger partial charge in [0.25, 0.3) is 0 Å². The van der Waals surface area contributed by atoms with Crippen molar-refractivity contribution >= 4 is 52.1 Å². The van der Waals surface area contributed by atoms with E-state index >= 15 is 0 Å². The lowest BCUT2D eigenvalue weighted by Gasteiger charge is -2.10. The summed E-state index contributed by atoms with van der Waals surface area (Å²) in [6.45, 7) is 0.567. The lowest BCUT2D eigenvalue weighted by atomic mass is 10.2. The zero-order valence-electron chi connectivity index (χ0n) is 9.18. The Bertz CT molecular complexity index is 517. The molecule has 0 aliphatic carbocycles. The quantitative estimate of drug-likeness (QED) is 0.741. The molecule has 0 unspecified atom stereocenters. The van der Waals surface area contributed by atoms with Gasteiger partial charge >= 0.3 is 0 Å². The number of rotatable bonds is 3. The van der Waals surface area contributed by atoms with Crippen LogP contribution < -0.4 is 5.32 Å². The van der Waals surface area contributed by atoms with Gasteiger partial charge in [0.05, 0.1) is 10.7 Å². The van der Waals surface area contributed by atoms with Crippen molar-refractivity contribution in [2.75, 3.05) is 5.32 Å². The number of anilines is 1. The second-order valence-corrected chi connectivity index (χ2v) is 5.40. The lowest BCUT2D eigenvalue weighted by Crippen LogP contribution is -2.00. The average Bonchev–Trinajstić information content (AvgIpc) is 2.30. The normalized spacial score (nSPS) is 10.4. The summed E-state index contributed by atoms with van der Waals surface area (Å²) >= 11 is 23.8. The van der Waals surface area contributed by atoms with E-state index in [4.69, 9.17) is 46.4 Å². The molecular formula is C13H9Cl4N. The molecule has 0 aliphatic heterocycles. The number of halogens is 4. The molecule has 0 saturated carbocycles. The van der Waals surface area contributed by atoms with E-state index in [1.807, 2.05) is 12.1 Å². The average molecular weight is 321 g/mol. The van der Waals surface area contributed by atoms with Crippen molar-refractivity contribution in [1.29, 1.82) is 0 Å². The van der Waals surface area contributed by atoms with Crippen LogP contribution in [0.2, 0.25) is 20.1 Å². The highest BCUT2D eigenvalue weighted by Gasteiger charge is 2.04. The first-order valence-electron chi connectivity index (χ1n) is 5.19. The summed E-state index contributed by atoms with van der Waals surface area (Å²) in [7, 11) is 0. The van der Waals surface area contributed by atoms with Gasteiger partial charge in [-0.2, -0.15) is 0 Å². The maximum absolute atomic E-state index is 6.08. The van der Waals surface area contributed by atoms with Gasteiger partial charge in [0.15, 0.2) is 0 Å². The van der Waals surface area contributed by atoms with E-state index in [2.05, 4.69) is 5.32 Å². The van der Waals surface area contributed by atoms with Crippen molar-refractivity contribution in [2.45, 2.75) is 6.54 Å². The predicted molar refractivity (Wildman–Crippen MR) is 80.3 cm³/mol. The minimum absolute atomic E-state index is 0.567. The Balaban J connectivity index is 2.11. The zero-order valence-corrected chi connectivity index (χ0v) is 12.2. The molecule has 5 heteroatoms. The largest absolute Gasteiger partial charge is 0.380 e. The van der Waals surface area contributed by atoms with Crippen LogP contribution in [-0.2, 0) is 6.54 Å². The minimum atomic E-state index is 0.567. The molecule has 0 aromatic heterocycles. The Kier molecular flexibility index (Phi) is 4.63. The Morgan fingerprint density at radius 2 is 1.39 bits per heavy atom. The molecule has 0 heterocycles. The molecule has 2 aromatic carbocycles. The minimum Gasteiger partial charge on any atom is -0.380 e. The summed E-state index contributed by atoms with van der Waals surface area (Å²) in [5, 5.41) is 5.63. The maximum Gasteiger partial charge on any atom is 0.0652 e. The van der Waals surface area contributed by atoms with Crippen molar-refractivity contribution in [3.05, 3.63) is 62.1 Å². The van der Waals surface area contributed by atoms with Crippen LogP contribution in [-0.4, -0.2) is 0 Å². The van der Waals surface area contributed by atoms with E-state index in [-0.39, 0.29) is 0 Å². The van der Waals surface area contributed by atoms with Gasteiger partial charge in [0, 0.05) is 21.6 Å². The third-order valence-electron chi connectivity index (χ3n) is 2.42. The van der Waals surface area contributed by atoms with E-state index in [0.29, 0.717) is 26.6 Å². The van der Waals surface area contributed by atoms with Crippen LogP contribution in [0.15, 0.2) is 36.4 Å². The van der Waals surface area contributed by atoms with Crippen molar-refractivity contribution in [2.24, 2.45) is 0 Å². The highest BCUT2D eigenvalue weighted by Crippen LogP contribution is 2.27. The molecular weight excluding hydrogens is 312 g/mol. The monoisotopic (exact) mass is 319 g/mol. The third kappa shape index (κ3) is 3.46. The SMILES string of the molecule is Clc1ccc(CNc2ccc(Cl)cc2Cl)c(Cl)c1. The van der Waals surface area contributed by atoms with Gasteiger partial charge in [0.2, 0.25) is 0 Å². The predicted octanol–water partition coefficient (Wildman–Crippen LogP) is 5.91. The first kappa shape index (κ1) is 13.8. The number of hydrogen-bond acceptors (Lipinski definition) is 1. The van der Waals surface area contributed by atoms with Gasteiger partial charge in [0.1, 0.15) is 0 Å². The number of hydrogen-bond donors (Lipinski definition) is 1. The molecule has 0 radical (unpaired) electrons. The summed E-state index contributed by atoms with van der Waals surface area (Å²) < 4.78 is 0. The highest BCUT2D eigenvalue weighted by molar-refractivity contribution is 6.36. The Morgan fingerprint density at radius 1 is 0.778 bits per heavy atom. The first-order chi connectivity index (χ1) is 8.56. The summed E-state index contributed by atoms with van der Waals surface area (Å²) in [6, 6.07) is 10.7. The maximum atomic E-state index is 6.08. The fraction of sp³-hybridized carbons (Fsp3) is 0.0769. The molecule has 1 N–H and O–H groups in total. The van der Waals surface area contributed by atoms with Crippen molar-refractivity contribution in [1.82, 2.24) is 0 Å². The van der Waals surface area contributed by atoms with E-state index in [0.717, 1.165) is 11.3 Å².